The third kappa shape index (κ3) is 2.82. The molecule has 0 radical (unpaired) electrons. The van der Waals surface area contributed by atoms with Crippen molar-refractivity contribution in [1.29, 1.82) is 0 Å². The summed E-state index contributed by atoms with van der Waals surface area (Å²) in [6.07, 6.45) is 5.85. The Labute approximate surface area is 127 Å². The molecular weight excluding hydrogens is 258 g/mol. The number of hydrogen-bond donors (Lipinski definition) is 1. The maximum Gasteiger partial charge on any atom is 0.131 e. The molecule has 21 heavy (non-hydrogen) atoms. The van der Waals surface area contributed by atoms with Crippen LogP contribution in [0.1, 0.15) is 56.8 Å². The minimum Gasteiger partial charge on any atom is -0.383 e. The van der Waals surface area contributed by atoms with Crippen molar-refractivity contribution in [3.8, 4) is 11.3 Å². The van der Waals surface area contributed by atoms with Gasteiger partial charge in [-0.1, -0.05) is 38.1 Å². The number of benzene rings is 1. The summed E-state index contributed by atoms with van der Waals surface area (Å²) in [5.74, 6) is 2.74. The minimum atomic E-state index is 0.796. The van der Waals surface area contributed by atoms with E-state index in [4.69, 9.17) is 10.7 Å². The predicted molar refractivity (Wildman–Crippen MR) is 88.3 cm³/mol. The van der Waals surface area contributed by atoms with E-state index in [0.29, 0.717) is 0 Å². The van der Waals surface area contributed by atoms with Crippen molar-refractivity contribution in [2.75, 3.05) is 5.73 Å². The zero-order chi connectivity index (χ0) is 14.8. The lowest BCUT2D eigenvalue weighted by Crippen LogP contribution is -2.06. The molecule has 112 valence electrons. The molecule has 0 amide bonds. The second-order valence-electron chi connectivity index (χ2n) is 6.06. The molecule has 0 atom stereocenters. The topological polar surface area (TPSA) is 43.8 Å². The fourth-order valence-corrected chi connectivity index (χ4v) is 2.94. The first-order valence-corrected chi connectivity index (χ1v) is 8.19. The number of nitrogens with two attached hydrogens (primary N) is 1. The fraction of sp³-hybridized carbons (Fsp3) is 0.500. The van der Waals surface area contributed by atoms with E-state index in [1.54, 1.807) is 0 Å². The molecule has 1 saturated carbocycles. The van der Waals surface area contributed by atoms with Crippen LogP contribution in [0.3, 0.4) is 0 Å². The van der Waals surface area contributed by atoms with Crippen LogP contribution >= 0.6 is 0 Å². The summed E-state index contributed by atoms with van der Waals surface area (Å²) in [5.41, 5.74) is 9.92. The van der Waals surface area contributed by atoms with Crippen molar-refractivity contribution in [2.24, 2.45) is 0 Å². The van der Waals surface area contributed by atoms with Gasteiger partial charge in [0.2, 0.25) is 0 Å². The molecule has 3 nitrogen and oxygen atoms in total. The van der Waals surface area contributed by atoms with E-state index in [0.717, 1.165) is 54.6 Å². The summed E-state index contributed by atoms with van der Waals surface area (Å²) in [4.78, 5) is 4.82. The van der Waals surface area contributed by atoms with Crippen molar-refractivity contribution >= 4 is 5.82 Å². The number of imidazole rings is 1. The predicted octanol–water partition coefficient (Wildman–Crippen LogP) is 4.37. The highest BCUT2D eigenvalue weighted by Crippen LogP contribution is 2.40. The van der Waals surface area contributed by atoms with Crippen LogP contribution in [-0.2, 0) is 13.0 Å². The lowest BCUT2D eigenvalue weighted by Gasteiger charge is -2.07. The van der Waals surface area contributed by atoms with Gasteiger partial charge in [0.05, 0.1) is 0 Å². The number of nitrogens with zero attached hydrogens (tertiary/aromatic N) is 2. The van der Waals surface area contributed by atoms with Crippen LogP contribution in [-0.4, -0.2) is 9.55 Å². The Morgan fingerprint density at radius 2 is 1.86 bits per heavy atom. The van der Waals surface area contributed by atoms with Gasteiger partial charge < -0.3 is 10.3 Å². The molecule has 1 aliphatic rings. The average Bonchev–Trinajstić information content (AvgIpc) is 3.30. The second-order valence-corrected chi connectivity index (χ2v) is 6.06. The van der Waals surface area contributed by atoms with Crippen LogP contribution in [0.4, 0.5) is 5.82 Å². The highest BCUT2D eigenvalue weighted by atomic mass is 15.1. The average molecular weight is 283 g/mol. The van der Waals surface area contributed by atoms with Crippen LogP contribution in [0.5, 0.6) is 0 Å². The van der Waals surface area contributed by atoms with E-state index >= 15 is 0 Å². The van der Waals surface area contributed by atoms with Gasteiger partial charge in [-0.25, -0.2) is 4.98 Å². The van der Waals surface area contributed by atoms with Gasteiger partial charge in [0.1, 0.15) is 17.3 Å². The van der Waals surface area contributed by atoms with Crippen LogP contribution < -0.4 is 5.73 Å². The molecule has 2 aromatic rings. The third-order valence-corrected chi connectivity index (χ3v) is 4.24. The summed E-state index contributed by atoms with van der Waals surface area (Å²) < 4.78 is 2.19. The monoisotopic (exact) mass is 283 g/mol. The van der Waals surface area contributed by atoms with Crippen molar-refractivity contribution in [2.45, 2.75) is 58.4 Å². The normalized spacial score (nSPS) is 14.6. The lowest BCUT2D eigenvalue weighted by molar-refractivity contribution is 0.637. The van der Waals surface area contributed by atoms with Gasteiger partial charge in [-0.3, -0.25) is 0 Å². The first-order chi connectivity index (χ1) is 10.2. The molecule has 2 N–H and O–H groups in total. The quantitative estimate of drug-likeness (QED) is 0.855. The van der Waals surface area contributed by atoms with E-state index in [-0.39, 0.29) is 0 Å². The largest absolute Gasteiger partial charge is 0.383 e. The molecule has 0 unspecified atom stereocenters. The molecule has 1 aromatic carbocycles. The molecule has 1 aliphatic carbocycles. The standard InChI is InChI=1S/C18H25N3/c1-3-5-16-20-17(18(19)21(16)12-4-2)15-10-8-14(9-11-15)13-6-7-13/h8-11,13H,3-7,12,19H2,1-2H3. The van der Waals surface area contributed by atoms with Gasteiger partial charge in [0.25, 0.3) is 0 Å². The smallest absolute Gasteiger partial charge is 0.131 e. The number of nitrogen functional groups attached to an aromatic ring is 1. The highest BCUT2D eigenvalue weighted by Gasteiger charge is 2.23. The maximum atomic E-state index is 6.36. The van der Waals surface area contributed by atoms with E-state index in [1.165, 1.54) is 18.4 Å². The Morgan fingerprint density at radius 3 is 2.43 bits per heavy atom. The summed E-state index contributed by atoms with van der Waals surface area (Å²) >= 11 is 0. The van der Waals surface area contributed by atoms with Gasteiger partial charge in [-0.15, -0.1) is 0 Å². The van der Waals surface area contributed by atoms with Gasteiger partial charge in [-0.2, -0.15) is 0 Å². The Morgan fingerprint density at radius 1 is 1.14 bits per heavy atom. The van der Waals surface area contributed by atoms with E-state index < -0.39 is 0 Å². The van der Waals surface area contributed by atoms with Crippen LogP contribution in [0.25, 0.3) is 11.3 Å². The minimum absolute atomic E-state index is 0.796. The third-order valence-electron chi connectivity index (χ3n) is 4.24. The lowest BCUT2D eigenvalue weighted by atomic mass is 10.1. The van der Waals surface area contributed by atoms with Crippen LogP contribution in [0, 0.1) is 0 Å². The summed E-state index contributed by atoms with van der Waals surface area (Å²) in [6.45, 7) is 5.32. The molecule has 1 heterocycles. The Hall–Kier alpha value is -1.77. The zero-order valence-corrected chi connectivity index (χ0v) is 13.1. The van der Waals surface area contributed by atoms with E-state index in [9.17, 15) is 0 Å². The second kappa shape index (κ2) is 5.92. The maximum absolute atomic E-state index is 6.36. The van der Waals surface area contributed by atoms with Gasteiger partial charge in [0.15, 0.2) is 0 Å². The Bertz CT molecular complexity index is 606. The summed E-state index contributed by atoms with van der Waals surface area (Å²) in [6, 6.07) is 8.84. The van der Waals surface area contributed by atoms with Gasteiger partial charge in [0, 0.05) is 18.5 Å². The Kier molecular flexibility index (Phi) is 4.00. The number of aromatic nitrogens is 2. The molecule has 3 rings (SSSR count). The number of aryl methyl sites for hydroxylation is 1. The van der Waals surface area contributed by atoms with E-state index in [2.05, 4.69) is 42.7 Å². The number of hydrogen-bond acceptors (Lipinski definition) is 2. The van der Waals surface area contributed by atoms with Crippen molar-refractivity contribution in [3.63, 3.8) is 0 Å². The Balaban J connectivity index is 1.94. The molecular formula is C18H25N3. The van der Waals surface area contributed by atoms with E-state index in [1.807, 2.05) is 0 Å². The first kappa shape index (κ1) is 14.2. The molecule has 1 fully saturated rings. The van der Waals surface area contributed by atoms with Crippen molar-refractivity contribution < 1.29 is 0 Å². The number of anilines is 1. The molecule has 0 aliphatic heterocycles. The summed E-state index contributed by atoms with van der Waals surface area (Å²) in [5, 5.41) is 0. The molecule has 1 aromatic heterocycles. The first-order valence-electron chi connectivity index (χ1n) is 8.19. The SMILES string of the molecule is CCCc1nc(-c2ccc(C3CC3)cc2)c(N)n1CCC. The van der Waals surface area contributed by atoms with Crippen molar-refractivity contribution in [1.82, 2.24) is 9.55 Å². The summed E-state index contributed by atoms with van der Waals surface area (Å²) in [7, 11) is 0. The molecule has 0 bridgehead atoms. The molecule has 0 saturated heterocycles. The van der Waals surface area contributed by atoms with Crippen molar-refractivity contribution in [3.05, 3.63) is 35.7 Å². The number of rotatable bonds is 6. The van der Waals surface area contributed by atoms with Gasteiger partial charge >= 0.3 is 0 Å². The highest BCUT2D eigenvalue weighted by molar-refractivity contribution is 5.71. The van der Waals surface area contributed by atoms with Crippen LogP contribution in [0.15, 0.2) is 24.3 Å². The fourth-order valence-electron chi connectivity index (χ4n) is 2.94. The molecule has 3 heteroatoms. The van der Waals surface area contributed by atoms with Crippen LogP contribution in [0.2, 0.25) is 0 Å². The zero-order valence-electron chi connectivity index (χ0n) is 13.1. The molecule has 0 spiro atoms. The van der Waals surface area contributed by atoms with Gasteiger partial charge in [-0.05, 0) is 37.2 Å².